The second-order valence-electron chi connectivity index (χ2n) is 4.17. The van der Waals surface area contributed by atoms with E-state index in [0.717, 1.165) is 0 Å². The first kappa shape index (κ1) is 13.1. The fraction of sp³-hybridized carbons (Fsp3) is 0.308. The Labute approximate surface area is 109 Å². The molecule has 0 saturated carbocycles. The van der Waals surface area contributed by atoms with Crippen molar-refractivity contribution in [3.8, 4) is 0 Å². The number of benzene rings is 1. The van der Waals surface area contributed by atoms with E-state index < -0.39 is 30.5 Å². The summed E-state index contributed by atoms with van der Waals surface area (Å²) < 4.78 is 4.85. The lowest BCUT2D eigenvalue weighted by atomic mass is 10.0. The fourth-order valence-corrected chi connectivity index (χ4v) is 1.81. The molecule has 0 spiro atoms. The molecule has 1 aromatic carbocycles. The first-order chi connectivity index (χ1) is 9.09. The third-order valence-corrected chi connectivity index (χ3v) is 2.96. The van der Waals surface area contributed by atoms with Crippen LogP contribution in [0.1, 0.15) is 16.8 Å². The van der Waals surface area contributed by atoms with Gasteiger partial charge in [0.2, 0.25) is 0 Å². The molecule has 0 bridgehead atoms. The number of rotatable bonds is 4. The van der Waals surface area contributed by atoms with Crippen molar-refractivity contribution in [1.29, 1.82) is 0 Å². The minimum Gasteiger partial charge on any atom is -0.480 e. The number of carbonyl (C=O) groups is 3. The molecule has 1 atom stereocenters. The standard InChI is InChI=1S/C13H13NO5/c15-11(14-7-6-10(14)12(16)17)8-19-13(18)9-4-2-1-3-5-9/h1-5,10H,6-8H2,(H,16,17). The smallest absolute Gasteiger partial charge is 0.338 e. The molecule has 2 rings (SSSR count). The molecule has 1 aromatic rings. The van der Waals surface area contributed by atoms with Gasteiger partial charge in [0.05, 0.1) is 5.56 Å². The van der Waals surface area contributed by atoms with Gasteiger partial charge in [0, 0.05) is 6.54 Å². The highest BCUT2D eigenvalue weighted by Gasteiger charge is 2.37. The number of carbonyl (C=O) groups excluding carboxylic acids is 2. The zero-order chi connectivity index (χ0) is 13.8. The van der Waals surface area contributed by atoms with Gasteiger partial charge in [-0.05, 0) is 18.6 Å². The van der Waals surface area contributed by atoms with Crippen molar-refractivity contribution in [2.24, 2.45) is 0 Å². The average Bonchev–Trinajstić information content (AvgIpc) is 2.35. The van der Waals surface area contributed by atoms with E-state index in [1.165, 1.54) is 4.90 Å². The first-order valence-electron chi connectivity index (χ1n) is 5.84. The molecule has 1 fully saturated rings. The maximum atomic E-state index is 11.7. The lowest BCUT2D eigenvalue weighted by Crippen LogP contribution is -2.56. The zero-order valence-electron chi connectivity index (χ0n) is 10.1. The molecule has 1 aliphatic rings. The largest absolute Gasteiger partial charge is 0.480 e. The van der Waals surface area contributed by atoms with Gasteiger partial charge in [-0.1, -0.05) is 18.2 Å². The van der Waals surface area contributed by atoms with E-state index in [1.807, 2.05) is 0 Å². The maximum Gasteiger partial charge on any atom is 0.338 e. The molecule has 1 amide bonds. The van der Waals surface area contributed by atoms with E-state index in [2.05, 4.69) is 0 Å². The minimum absolute atomic E-state index is 0.355. The molecule has 0 aliphatic carbocycles. The Bertz CT molecular complexity index is 499. The van der Waals surface area contributed by atoms with Crippen molar-refractivity contribution in [2.45, 2.75) is 12.5 Å². The van der Waals surface area contributed by atoms with Crippen molar-refractivity contribution in [2.75, 3.05) is 13.2 Å². The second-order valence-corrected chi connectivity index (χ2v) is 4.17. The van der Waals surface area contributed by atoms with Crippen molar-refractivity contribution >= 4 is 17.8 Å². The van der Waals surface area contributed by atoms with Crippen LogP contribution in [-0.2, 0) is 14.3 Å². The molecule has 6 heteroatoms. The SMILES string of the molecule is O=C(OCC(=O)N1CCC1C(=O)O)c1ccccc1. The van der Waals surface area contributed by atoms with Crippen LogP contribution in [-0.4, -0.2) is 47.0 Å². The number of carboxylic acid groups (broad SMARTS) is 1. The maximum absolute atomic E-state index is 11.7. The molecule has 100 valence electrons. The predicted molar refractivity (Wildman–Crippen MR) is 64.5 cm³/mol. The number of amides is 1. The van der Waals surface area contributed by atoms with Gasteiger partial charge in [-0.3, -0.25) is 4.79 Å². The number of hydrogen-bond donors (Lipinski definition) is 1. The highest BCUT2D eigenvalue weighted by molar-refractivity contribution is 5.92. The van der Waals surface area contributed by atoms with Crippen LogP contribution in [0.3, 0.4) is 0 Å². The average molecular weight is 263 g/mol. The van der Waals surface area contributed by atoms with Gasteiger partial charge in [-0.15, -0.1) is 0 Å². The van der Waals surface area contributed by atoms with Crippen LogP contribution in [0.5, 0.6) is 0 Å². The van der Waals surface area contributed by atoms with Crippen molar-refractivity contribution in [1.82, 2.24) is 4.90 Å². The summed E-state index contributed by atoms with van der Waals surface area (Å²) in [7, 11) is 0. The summed E-state index contributed by atoms with van der Waals surface area (Å²) in [6.45, 7) is -0.0454. The zero-order valence-corrected chi connectivity index (χ0v) is 10.1. The number of ether oxygens (including phenoxy) is 1. The van der Waals surface area contributed by atoms with Crippen LogP contribution in [0, 0.1) is 0 Å². The molecule has 0 aromatic heterocycles. The van der Waals surface area contributed by atoms with Gasteiger partial charge in [0.25, 0.3) is 5.91 Å². The van der Waals surface area contributed by atoms with Gasteiger partial charge in [0.15, 0.2) is 6.61 Å². The lowest BCUT2D eigenvalue weighted by molar-refractivity contribution is -0.158. The number of aliphatic carboxylic acids is 1. The molecular formula is C13H13NO5. The summed E-state index contributed by atoms with van der Waals surface area (Å²) >= 11 is 0. The third-order valence-electron chi connectivity index (χ3n) is 2.96. The third kappa shape index (κ3) is 2.90. The number of hydrogen-bond acceptors (Lipinski definition) is 4. The number of carboxylic acids is 1. The summed E-state index contributed by atoms with van der Waals surface area (Å²) in [5.74, 6) is -2.11. The fourth-order valence-electron chi connectivity index (χ4n) is 1.81. The minimum atomic E-state index is -1.03. The van der Waals surface area contributed by atoms with Crippen molar-refractivity contribution in [3.63, 3.8) is 0 Å². The van der Waals surface area contributed by atoms with E-state index in [-0.39, 0.29) is 0 Å². The van der Waals surface area contributed by atoms with Crippen molar-refractivity contribution in [3.05, 3.63) is 35.9 Å². The van der Waals surface area contributed by atoms with Gasteiger partial charge < -0.3 is 14.7 Å². The Hall–Kier alpha value is -2.37. The Morgan fingerprint density at radius 1 is 1.26 bits per heavy atom. The van der Waals surface area contributed by atoms with Crippen molar-refractivity contribution < 1.29 is 24.2 Å². The monoisotopic (exact) mass is 263 g/mol. The van der Waals surface area contributed by atoms with Crippen LogP contribution in [0.25, 0.3) is 0 Å². The molecule has 1 heterocycles. The molecule has 1 unspecified atom stereocenters. The quantitative estimate of drug-likeness (QED) is 0.801. The van der Waals surface area contributed by atoms with Gasteiger partial charge >= 0.3 is 11.9 Å². The van der Waals surface area contributed by atoms with E-state index in [4.69, 9.17) is 9.84 Å². The molecular weight excluding hydrogens is 250 g/mol. The number of likely N-dealkylation sites (tertiary alicyclic amines) is 1. The summed E-state index contributed by atoms with van der Waals surface area (Å²) in [6.07, 6.45) is 0.438. The van der Waals surface area contributed by atoms with Crippen LogP contribution in [0.4, 0.5) is 0 Å². The van der Waals surface area contributed by atoms with Crippen LogP contribution >= 0.6 is 0 Å². The first-order valence-corrected chi connectivity index (χ1v) is 5.84. The number of nitrogens with zero attached hydrogens (tertiary/aromatic N) is 1. The number of esters is 1. The van der Waals surface area contributed by atoms with E-state index in [9.17, 15) is 14.4 Å². The molecule has 6 nitrogen and oxygen atoms in total. The molecule has 1 N–H and O–H groups in total. The van der Waals surface area contributed by atoms with Crippen LogP contribution < -0.4 is 0 Å². The second kappa shape index (κ2) is 5.51. The summed E-state index contributed by atoms with van der Waals surface area (Å²) in [5.41, 5.74) is 0.355. The summed E-state index contributed by atoms with van der Waals surface area (Å²) in [5, 5.41) is 8.81. The Kier molecular flexibility index (Phi) is 3.79. The molecule has 0 radical (unpaired) electrons. The van der Waals surface area contributed by atoms with Crippen LogP contribution in [0.15, 0.2) is 30.3 Å². The highest BCUT2D eigenvalue weighted by atomic mass is 16.5. The molecule has 1 aliphatic heterocycles. The Balaban J connectivity index is 1.84. The topological polar surface area (TPSA) is 83.9 Å². The van der Waals surface area contributed by atoms with Crippen LogP contribution in [0.2, 0.25) is 0 Å². The highest BCUT2D eigenvalue weighted by Crippen LogP contribution is 2.17. The van der Waals surface area contributed by atoms with E-state index in [1.54, 1.807) is 30.3 Å². The van der Waals surface area contributed by atoms with Gasteiger partial charge in [0.1, 0.15) is 6.04 Å². The van der Waals surface area contributed by atoms with Gasteiger partial charge in [-0.25, -0.2) is 9.59 Å². The Morgan fingerprint density at radius 3 is 2.47 bits per heavy atom. The van der Waals surface area contributed by atoms with E-state index >= 15 is 0 Å². The molecule has 19 heavy (non-hydrogen) atoms. The summed E-state index contributed by atoms with van der Waals surface area (Å²) in [6, 6.07) is 7.51. The Morgan fingerprint density at radius 2 is 1.95 bits per heavy atom. The normalized spacial score (nSPS) is 17.5. The predicted octanol–water partition coefficient (Wildman–Crippen LogP) is 0.529. The van der Waals surface area contributed by atoms with E-state index in [0.29, 0.717) is 18.5 Å². The van der Waals surface area contributed by atoms with Gasteiger partial charge in [-0.2, -0.15) is 0 Å². The lowest BCUT2D eigenvalue weighted by Gasteiger charge is -2.37. The summed E-state index contributed by atoms with van der Waals surface area (Å²) in [4.78, 5) is 35.2. The molecule has 1 saturated heterocycles.